The van der Waals surface area contributed by atoms with Crippen LogP contribution in [0.25, 0.3) is 16.8 Å². The molecule has 2 atom stereocenters. The van der Waals surface area contributed by atoms with Gasteiger partial charge in [-0.05, 0) is 53.8 Å². The SMILES string of the molecule is CC(C)c1c(C=C[C@@H]2C[C@@H](O)CC(=O)O2)n(CC2CCCCC2)c(=O)c2ccccc12. The maximum atomic E-state index is 13.6. The summed E-state index contributed by atoms with van der Waals surface area (Å²) in [6, 6.07) is 7.86. The second-order valence-corrected chi connectivity index (χ2v) is 9.40. The van der Waals surface area contributed by atoms with Crippen molar-refractivity contribution in [2.45, 2.75) is 83.5 Å². The van der Waals surface area contributed by atoms with Crippen LogP contribution in [-0.2, 0) is 16.1 Å². The second-order valence-electron chi connectivity index (χ2n) is 9.40. The summed E-state index contributed by atoms with van der Waals surface area (Å²) in [6.07, 6.45) is 9.12. The van der Waals surface area contributed by atoms with Gasteiger partial charge < -0.3 is 14.4 Å². The lowest BCUT2D eigenvalue weighted by Crippen LogP contribution is -2.31. The highest BCUT2D eigenvalue weighted by Crippen LogP contribution is 2.31. The Morgan fingerprint density at radius 1 is 1.13 bits per heavy atom. The Hall–Kier alpha value is -2.40. The molecule has 1 aromatic carbocycles. The number of ether oxygens (including phenoxy) is 1. The molecule has 2 heterocycles. The number of nitrogens with zero attached hydrogens (tertiary/aromatic N) is 1. The van der Waals surface area contributed by atoms with Crippen molar-refractivity contribution in [3.05, 3.63) is 52.0 Å². The van der Waals surface area contributed by atoms with Crippen molar-refractivity contribution in [1.82, 2.24) is 4.57 Å². The normalized spacial score (nSPS) is 23.0. The van der Waals surface area contributed by atoms with Crippen molar-refractivity contribution in [2.75, 3.05) is 0 Å². The highest BCUT2D eigenvalue weighted by atomic mass is 16.5. The Balaban J connectivity index is 1.82. The van der Waals surface area contributed by atoms with Gasteiger partial charge in [0, 0.05) is 24.0 Å². The summed E-state index contributed by atoms with van der Waals surface area (Å²) in [5.74, 6) is 0.354. The molecule has 0 radical (unpaired) electrons. The summed E-state index contributed by atoms with van der Waals surface area (Å²) in [7, 11) is 0. The first-order chi connectivity index (χ1) is 14.9. The second kappa shape index (κ2) is 9.39. The number of aliphatic hydroxyl groups excluding tert-OH is 1. The molecule has 2 fully saturated rings. The Morgan fingerprint density at radius 2 is 1.84 bits per heavy atom. The van der Waals surface area contributed by atoms with Gasteiger partial charge in [0.25, 0.3) is 5.56 Å². The molecule has 0 spiro atoms. The molecule has 2 aliphatic rings. The molecular weight excluding hydrogens is 390 g/mol. The molecule has 166 valence electrons. The van der Waals surface area contributed by atoms with Crippen LogP contribution in [0.1, 0.15) is 76.0 Å². The molecule has 1 saturated heterocycles. The van der Waals surface area contributed by atoms with Gasteiger partial charge in [0.15, 0.2) is 0 Å². The summed E-state index contributed by atoms with van der Waals surface area (Å²) in [5.41, 5.74) is 2.09. The van der Waals surface area contributed by atoms with Crippen LogP contribution in [0.3, 0.4) is 0 Å². The molecule has 5 nitrogen and oxygen atoms in total. The van der Waals surface area contributed by atoms with Crippen molar-refractivity contribution < 1.29 is 14.6 Å². The summed E-state index contributed by atoms with van der Waals surface area (Å²) < 4.78 is 7.36. The van der Waals surface area contributed by atoms with Gasteiger partial charge in [-0.3, -0.25) is 9.59 Å². The number of esters is 1. The number of aromatic nitrogens is 1. The average molecular weight is 424 g/mol. The predicted molar refractivity (Wildman–Crippen MR) is 123 cm³/mol. The van der Waals surface area contributed by atoms with E-state index in [4.69, 9.17) is 4.74 Å². The van der Waals surface area contributed by atoms with Gasteiger partial charge in [0.2, 0.25) is 0 Å². The van der Waals surface area contributed by atoms with E-state index in [2.05, 4.69) is 13.8 Å². The Morgan fingerprint density at radius 3 is 2.52 bits per heavy atom. The van der Waals surface area contributed by atoms with Crippen molar-refractivity contribution in [2.24, 2.45) is 5.92 Å². The van der Waals surface area contributed by atoms with E-state index < -0.39 is 12.2 Å². The molecule has 1 aromatic heterocycles. The van der Waals surface area contributed by atoms with Crippen molar-refractivity contribution in [3.8, 4) is 0 Å². The molecule has 31 heavy (non-hydrogen) atoms. The van der Waals surface area contributed by atoms with E-state index in [0.29, 0.717) is 12.3 Å². The number of hydrogen-bond acceptors (Lipinski definition) is 4. The molecule has 5 heteroatoms. The van der Waals surface area contributed by atoms with Crippen molar-refractivity contribution in [3.63, 3.8) is 0 Å². The molecule has 1 aliphatic heterocycles. The molecule has 1 N–H and O–H groups in total. The van der Waals surface area contributed by atoms with Crippen LogP contribution in [0, 0.1) is 5.92 Å². The first-order valence-corrected chi connectivity index (χ1v) is 11.6. The topological polar surface area (TPSA) is 68.5 Å². The minimum Gasteiger partial charge on any atom is -0.458 e. The van der Waals surface area contributed by atoms with Crippen LogP contribution in [-0.4, -0.2) is 27.9 Å². The number of cyclic esters (lactones) is 1. The van der Waals surface area contributed by atoms with E-state index in [1.54, 1.807) is 0 Å². The molecular formula is C26H33NO4. The third-order valence-corrected chi connectivity index (χ3v) is 6.66. The molecule has 0 bridgehead atoms. The zero-order valence-corrected chi connectivity index (χ0v) is 18.5. The lowest BCUT2D eigenvalue weighted by atomic mass is 9.88. The quantitative estimate of drug-likeness (QED) is 0.703. The monoisotopic (exact) mass is 423 g/mol. The zero-order chi connectivity index (χ0) is 22.0. The van der Waals surface area contributed by atoms with Gasteiger partial charge in [-0.15, -0.1) is 0 Å². The van der Waals surface area contributed by atoms with Crippen LogP contribution in [0.4, 0.5) is 0 Å². The number of rotatable bonds is 5. The minimum atomic E-state index is -0.679. The van der Waals surface area contributed by atoms with Crippen LogP contribution in [0.15, 0.2) is 35.1 Å². The first-order valence-electron chi connectivity index (χ1n) is 11.6. The number of fused-ring (bicyclic) bond motifs is 1. The first kappa shape index (κ1) is 21.8. The van der Waals surface area contributed by atoms with Gasteiger partial charge in [0.05, 0.1) is 12.5 Å². The Labute approximate surface area is 183 Å². The summed E-state index contributed by atoms with van der Waals surface area (Å²) in [4.78, 5) is 25.3. The number of benzene rings is 1. The zero-order valence-electron chi connectivity index (χ0n) is 18.5. The van der Waals surface area contributed by atoms with Crippen molar-refractivity contribution >= 4 is 22.8 Å². The van der Waals surface area contributed by atoms with E-state index in [1.807, 2.05) is 41.0 Å². The third kappa shape index (κ3) is 4.77. The lowest BCUT2D eigenvalue weighted by molar-refractivity contribution is -0.156. The van der Waals surface area contributed by atoms with Gasteiger partial charge in [-0.1, -0.05) is 51.3 Å². The fourth-order valence-electron chi connectivity index (χ4n) is 5.16. The van der Waals surface area contributed by atoms with Crippen LogP contribution in [0.5, 0.6) is 0 Å². The van der Waals surface area contributed by atoms with Crippen molar-refractivity contribution in [1.29, 1.82) is 0 Å². The van der Waals surface area contributed by atoms with E-state index in [-0.39, 0.29) is 23.9 Å². The summed E-state index contributed by atoms with van der Waals surface area (Å²) >= 11 is 0. The number of hydrogen-bond donors (Lipinski definition) is 1. The average Bonchev–Trinajstić information content (AvgIpc) is 2.74. The third-order valence-electron chi connectivity index (χ3n) is 6.66. The standard InChI is InChI=1S/C26H33NO4/c1-17(2)25-21-10-6-7-11-22(21)26(30)27(16-18-8-4-3-5-9-18)23(25)13-12-20-14-19(28)15-24(29)31-20/h6-7,10-13,17-20,28H,3-5,8-9,14-16H2,1-2H3/t19-,20-/m1/s1. The van der Waals surface area contributed by atoms with E-state index in [0.717, 1.165) is 41.4 Å². The minimum absolute atomic E-state index is 0.0456. The molecule has 1 saturated carbocycles. The van der Waals surface area contributed by atoms with E-state index in [1.165, 1.54) is 19.3 Å². The van der Waals surface area contributed by atoms with Crippen LogP contribution < -0.4 is 5.56 Å². The number of carbonyl (C=O) groups is 1. The summed E-state index contributed by atoms with van der Waals surface area (Å²) in [5, 5.41) is 11.7. The maximum Gasteiger partial charge on any atom is 0.309 e. The Bertz CT molecular complexity index is 1030. The number of pyridine rings is 1. The maximum absolute atomic E-state index is 13.6. The van der Waals surface area contributed by atoms with Crippen LogP contribution >= 0.6 is 0 Å². The highest BCUT2D eigenvalue weighted by Gasteiger charge is 2.26. The van der Waals surface area contributed by atoms with Crippen LogP contribution in [0.2, 0.25) is 0 Å². The number of aliphatic hydroxyl groups is 1. The lowest BCUT2D eigenvalue weighted by Gasteiger charge is -2.27. The fourth-order valence-corrected chi connectivity index (χ4v) is 5.16. The van der Waals surface area contributed by atoms with Gasteiger partial charge in [0.1, 0.15) is 6.10 Å². The highest BCUT2D eigenvalue weighted by molar-refractivity contribution is 5.88. The van der Waals surface area contributed by atoms with E-state index in [9.17, 15) is 14.7 Å². The van der Waals surface area contributed by atoms with E-state index >= 15 is 0 Å². The number of carbonyl (C=O) groups excluding carboxylic acids is 1. The molecule has 2 aromatic rings. The smallest absolute Gasteiger partial charge is 0.309 e. The van der Waals surface area contributed by atoms with Gasteiger partial charge in [-0.25, -0.2) is 0 Å². The predicted octanol–water partition coefficient (Wildman–Crippen LogP) is 4.78. The fraction of sp³-hybridized carbons (Fsp3) is 0.538. The Kier molecular flexibility index (Phi) is 6.61. The molecule has 0 amide bonds. The van der Waals surface area contributed by atoms with Gasteiger partial charge in [-0.2, -0.15) is 0 Å². The van der Waals surface area contributed by atoms with Gasteiger partial charge >= 0.3 is 5.97 Å². The molecule has 4 rings (SSSR count). The molecule has 0 unspecified atom stereocenters. The summed E-state index contributed by atoms with van der Waals surface area (Å²) in [6.45, 7) is 5.02. The molecule has 1 aliphatic carbocycles. The largest absolute Gasteiger partial charge is 0.458 e.